The monoisotopic (exact) mass is 486 g/mol. The van der Waals surface area contributed by atoms with Crippen LogP contribution in [0.2, 0.25) is 0 Å². The van der Waals surface area contributed by atoms with E-state index in [4.69, 9.17) is 9.47 Å². The zero-order chi connectivity index (χ0) is 24.2. The maximum absolute atomic E-state index is 13.1. The number of nitro benzene ring substituents is 1. The molecular formula is C23H26N4O6S. The third kappa shape index (κ3) is 4.85. The van der Waals surface area contributed by atoms with E-state index >= 15 is 0 Å². The van der Waals surface area contributed by atoms with Gasteiger partial charge in [-0.25, -0.2) is 9.79 Å². The van der Waals surface area contributed by atoms with Crippen molar-refractivity contribution in [2.24, 2.45) is 4.99 Å². The first-order valence-electron chi connectivity index (χ1n) is 11.0. The number of hydrogen-bond donors (Lipinski definition) is 0. The molecule has 1 saturated heterocycles. The highest BCUT2D eigenvalue weighted by molar-refractivity contribution is 8.16. The third-order valence-corrected chi connectivity index (χ3v) is 6.84. The maximum atomic E-state index is 13.1. The van der Waals surface area contributed by atoms with Crippen LogP contribution in [0, 0.1) is 10.1 Å². The number of non-ortho nitro benzene ring substituents is 1. The number of ether oxygens (including phenoxy) is 2. The topological polar surface area (TPSA) is 115 Å². The molecule has 4 rings (SSSR count). The van der Waals surface area contributed by atoms with Crippen molar-refractivity contribution in [1.29, 1.82) is 0 Å². The van der Waals surface area contributed by atoms with E-state index in [0.717, 1.165) is 31.6 Å². The minimum Gasteiger partial charge on any atom is -0.460 e. The van der Waals surface area contributed by atoms with Crippen molar-refractivity contribution in [3.05, 3.63) is 62.3 Å². The SMILES string of the molecule is COCCOC(=O)C1=C(C)N=C2SC=C(CC(=O)N3CCCC3)N2[C@@H]1c1ccc([N+](=O)[O-])cc1. The van der Waals surface area contributed by atoms with Crippen LogP contribution in [0.15, 0.2) is 51.6 Å². The Morgan fingerprint density at radius 3 is 2.56 bits per heavy atom. The van der Waals surface area contributed by atoms with Gasteiger partial charge in [-0.3, -0.25) is 14.9 Å². The molecule has 0 saturated carbocycles. The van der Waals surface area contributed by atoms with Gasteiger partial charge in [0.1, 0.15) is 6.61 Å². The molecule has 1 aromatic carbocycles. The van der Waals surface area contributed by atoms with E-state index in [2.05, 4.69) is 4.99 Å². The van der Waals surface area contributed by atoms with Crippen molar-refractivity contribution in [3.8, 4) is 0 Å². The summed E-state index contributed by atoms with van der Waals surface area (Å²) in [6.45, 7) is 3.58. The van der Waals surface area contributed by atoms with E-state index < -0.39 is 16.9 Å². The van der Waals surface area contributed by atoms with Gasteiger partial charge in [-0.15, -0.1) is 0 Å². The molecule has 0 N–H and O–H groups in total. The number of amidine groups is 1. The number of thioether (sulfide) groups is 1. The number of aliphatic imine (C=N–C) groups is 1. The molecule has 0 aromatic heterocycles. The average Bonchev–Trinajstić information content (AvgIpc) is 3.49. The minimum absolute atomic E-state index is 0.0311. The fourth-order valence-electron chi connectivity index (χ4n) is 4.25. The number of esters is 1. The van der Waals surface area contributed by atoms with E-state index in [9.17, 15) is 19.7 Å². The summed E-state index contributed by atoms with van der Waals surface area (Å²) in [4.78, 5) is 45.1. The van der Waals surface area contributed by atoms with E-state index in [0.29, 0.717) is 22.0 Å². The molecule has 0 bridgehead atoms. The first-order chi connectivity index (χ1) is 16.4. The Kier molecular flexibility index (Phi) is 7.32. The number of benzene rings is 1. The van der Waals surface area contributed by atoms with Gasteiger partial charge in [0.15, 0.2) is 5.17 Å². The Morgan fingerprint density at radius 2 is 1.91 bits per heavy atom. The number of rotatable bonds is 8. The predicted molar refractivity (Wildman–Crippen MR) is 127 cm³/mol. The molecule has 1 atom stereocenters. The first-order valence-corrected chi connectivity index (χ1v) is 11.9. The second kappa shape index (κ2) is 10.4. The highest BCUT2D eigenvalue weighted by Crippen LogP contribution is 2.45. The lowest BCUT2D eigenvalue weighted by Gasteiger charge is -2.36. The summed E-state index contributed by atoms with van der Waals surface area (Å²) >= 11 is 1.39. The summed E-state index contributed by atoms with van der Waals surface area (Å²) in [6.07, 6.45) is 2.18. The highest BCUT2D eigenvalue weighted by Gasteiger charge is 2.41. The highest BCUT2D eigenvalue weighted by atomic mass is 32.2. The van der Waals surface area contributed by atoms with Crippen molar-refractivity contribution in [2.75, 3.05) is 33.4 Å². The molecule has 10 nitrogen and oxygen atoms in total. The van der Waals surface area contributed by atoms with Gasteiger partial charge in [0.2, 0.25) is 5.91 Å². The van der Waals surface area contributed by atoms with Crippen LogP contribution in [0.25, 0.3) is 0 Å². The van der Waals surface area contributed by atoms with Gasteiger partial charge in [-0.1, -0.05) is 11.8 Å². The zero-order valence-electron chi connectivity index (χ0n) is 19.1. The Hall–Kier alpha value is -3.18. The number of amides is 1. The number of nitrogens with zero attached hydrogens (tertiary/aromatic N) is 4. The average molecular weight is 487 g/mol. The van der Waals surface area contributed by atoms with Crippen molar-refractivity contribution in [1.82, 2.24) is 9.80 Å². The van der Waals surface area contributed by atoms with Gasteiger partial charge in [-0.05, 0) is 42.9 Å². The molecule has 3 aliphatic heterocycles. The summed E-state index contributed by atoms with van der Waals surface area (Å²) in [5.74, 6) is -0.508. The molecule has 1 amide bonds. The zero-order valence-corrected chi connectivity index (χ0v) is 19.9. The van der Waals surface area contributed by atoms with Crippen LogP contribution in [-0.2, 0) is 19.1 Å². The molecule has 1 fully saturated rings. The Bertz CT molecular complexity index is 1080. The summed E-state index contributed by atoms with van der Waals surface area (Å²) in [6, 6.07) is 5.45. The van der Waals surface area contributed by atoms with Gasteiger partial charge in [0, 0.05) is 38.0 Å². The Balaban J connectivity index is 1.69. The Morgan fingerprint density at radius 1 is 1.21 bits per heavy atom. The van der Waals surface area contributed by atoms with Gasteiger partial charge >= 0.3 is 5.97 Å². The van der Waals surface area contributed by atoms with Crippen molar-refractivity contribution < 1.29 is 24.0 Å². The second-order valence-electron chi connectivity index (χ2n) is 8.14. The summed E-state index contributed by atoms with van der Waals surface area (Å²) < 4.78 is 10.4. The molecule has 11 heteroatoms. The molecule has 3 heterocycles. The summed E-state index contributed by atoms with van der Waals surface area (Å²) in [7, 11) is 1.52. The third-order valence-electron chi connectivity index (χ3n) is 5.95. The smallest absolute Gasteiger partial charge is 0.338 e. The van der Waals surface area contributed by atoms with E-state index in [1.165, 1.54) is 31.0 Å². The van der Waals surface area contributed by atoms with Crippen molar-refractivity contribution in [3.63, 3.8) is 0 Å². The van der Waals surface area contributed by atoms with E-state index in [-0.39, 0.29) is 31.2 Å². The number of nitro groups is 1. The Labute approximate surface area is 201 Å². The largest absolute Gasteiger partial charge is 0.460 e. The van der Waals surface area contributed by atoms with Crippen LogP contribution in [-0.4, -0.2) is 65.2 Å². The number of carbonyl (C=O) groups is 2. The van der Waals surface area contributed by atoms with Gasteiger partial charge in [0.05, 0.1) is 35.3 Å². The van der Waals surface area contributed by atoms with Crippen LogP contribution in [0.4, 0.5) is 5.69 Å². The maximum Gasteiger partial charge on any atom is 0.338 e. The van der Waals surface area contributed by atoms with Gasteiger partial charge in [0.25, 0.3) is 5.69 Å². The lowest BCUT2D eigenvalue weighted by Crippen LogP contribution is -2.38. The summed E-state index contributed by atoms with van der Waals surface area (Å²) in [5.41, 5.74) is 2.19. The number of carbonyl (C=O) groups excluding carboxylic acids is 2. The van der Waals surface area contributed by atoms with Crippen LogP contribution < -0.4 is 0 Å². The van der Waals surface area contributed by atoms with Crippen LogP contribution in [0.3, 0.4) is 0 Å². The van der Waals surface area contributed by atoms with Gasteiger partial charge in [-0.2, -0.15) is 0 Å². The lowest BCUT2D eigenvalue weighted by molar-refractivity contribution is -0.384. The van der Waals surface area contributed by atoms with Crippen molar-refractivity contribution >= 4 is 34.5 Å². The predicted octanol–water partition coefficient (Wildman–Crippen LogP) is 3.37. The fourth-order valence-corrected chi connectivity index (χ4v) is 5.22. The molecule has 0 unspecified atom stereocenters. The second-order valence-corrected chi connectivity index (χ2v) is 8.97. The molecule has 180 valence electrons. The van der Waals surface area contributed by atoms with Gasteiger partial charge < -0.3 is 19.3 Å². The number of allylic oxidation sites excluding steroid dienone is 1. The molecule has 34 heavy (non-hydrogen) atoms. The first kappa shape index (κ1) is 24.0. The number of hydrogen-bond acceptors (Lipinski definition) is 9. The van der Waals surface area contributed by atoms with Crippen molar-refractivity contribution in [2.45, 2.75) is 32.2 Å². The van der Waals surface area contributed by atoms with Crippen LogP contribution in [0.5, 0.6) is 0 Å². The minimum atomic E-state index is -0.629. The van der Waals surface area contributed by atoms with Crippen LogP contribution in [0.1, 0.15) is 37.8 Å². The standard InChI is InChI=1S/C23H26N4O6S/c1-15-20(22(29)33-12-11-32-2)21(16-5-7-17(8-6-16)27(30)31)26-18(14-34-23(26)24-15)13-19(28)25-9-3-4-10-25/h5-8,14,21H,3-4,9-13H2,1-2H3/t21-/m1/s1. The van der Waals surface area contributed by atoms with E-state index in [1.54, 1.807) is 19.1 Å². The number of likely N-dealkylation sites (tertiary alicyclic amines) is 1. The summed E-state index contributed by atoms with van der Waals surface area (Å²) in [5, 5.41) is 13.7. The quantitative estimate of drug-likeness (QED) is 0.238. The number of fused-ring (bicyclic) bond motifs is 1. The van der Waals surface area contributed by atoms with Crippen LogP contribution >= 0.6 is 11.8 Å². The molecule has 0 radical (unpaired) electrons. The van der Waals surface area contributed by atoms with E-state index in [1.807, 2.05) is 15.2 Å². The lowest BCUT2D eigenvalue weighted by atomic mass is 9.93. The molecule has 0 aliphatic carbocycles. The number of methoxy groups -OCH3 is 1. The molecule has 1 aromatic rings. The molecule has 3 aliphatic rings. The molecule has 0 spiro atoms. The normalized spacial score (nSPS) is 19.6. The molecular weight excluding hydrogens is 460 g/mol. The fraction of sp³-hybridized carbons (Fsp3) is 0.435.